The first-order valence-electron chi connectivity index (χ1n) is 9.61. The van der Waals surface area contributed by atoms with Crippen molar-refractivity contribution in [2.45, 2.75) is 12.8 Å². The van der Waals surface area contributed by atoms with Crippen molar-refractivity contribution in [2.75, 3.05) is 44.7 Å². The summed E-state index contributed by atoms with van der Waals surface area (Å²) in [7, 11) is 1.83. The molecule has 0 saturated carbocycles. The predicted molar refractivity (Wildman–Crippen MR) is 108 cm³/mol. The maximum Gasteiger partial charge on any atom is 0.225 e. The highest BCUT2D eigenvalue weighted by molar-refractivity contribution is 5.80. The third kappa shape index (κ3) is 4.03. The second kappa shape index (κ2) is 8.64. The molecule has 9 heteroatoms. The topological polar surface area (TPSA) is 86.8 Å². The van der Waals surface area contributed by atoms with Crippen LogP contribution in [0.15, 0.2) is 47.8 Å². The molecule has 0 atom stereocenters. The van der Waals surface area contributed by atoms with Gasteiger partial charge >= 0.3 is 0 Å². The molecule has 1 fully saturated rings. The molecule has 0 spiro atoms. The summed E-state index contributed by atoms with van der Waals surface area (Å²) in [5.74, 6) is 2.73. The lowest BCUT2D eigenvalue weighted by molar-refractivity contribution is 0.370. The summed E-state index contributed by atoms with van der Waals surface area (Å²) in [6.07, 6.45) is 7.41. The number of guanidine groups is 1. The van der Waals surface area contributed by atoms with E-state index in [1.165, 1.54) is 0 Å². The Kier molecular flexibility index (Phi) is 5.60. The summed E-state index contributed by atoms with van der Waals surface area (Å²) in [6, 6.07) is 7.79. The van der Waals surface area contributed by atoms with Crippen molar-refractivity contribution in [3.05, 3.63) is 48.7 Å². The van der Waals surface area contributed by atoms with Crippen LogP contribution in [0.25, 0.3) is 5.65 Å². The Balaban J connectivity index is 1.24. The minimum absolute atomic E-state index is 0.797. The van der Waals surface area contributed by atoms with E-state index < -0.39 is 0 Å². The number of nitrogens with zero attached hydrogens (tertiary/aromatic N) is 8. The molecule has 1 N–H and O–H groups in total. The molecule has 28 heavy (non-hydrogen) atoms. The number of nitrogens with one attached hydrogen (secondary N) is 1. The standard InChI is InChI=1S/C19H25N9/c1-20-18(26-12-14-27(15-13-26)19-22-9-5-10-23-19)21-8-4-7-17-25-24-16-6-2-3-11-28(16)17/h2-3,5-6,9-11H,4,7-8,12-15H2,1H3,(H,20,21). The SMILES string of the molecule is CN=C(NCCCc1nnc2ccccn12)N1CCN(c2ncccn2)CC1. The first-order valence-corrected chi connectivity index (χ1v) is 9.61. The first-order chi connectivity index (χ1) is 13.8. The van der Waals surface area contributed by atoms with Crippen molar-refractivity contribution < 1.29 is 0 Å². The van der Waals surface area contributed by atoms with Crippen LogP contribution in [0, 0.1) is 0 Å². The lowest BCUT2D eigenvalue weighted by Crippen LogP contribution is -2.53. The molecule has 0 amide bonds. The van der Waals surface area contributed by atoms with Crippen LogP contribution < -0.4 is 10.2 Å². The highest BCUT2D eigenvalue weighted by atomic mass is 15.4. The van der Waals surface area contributed by atoms with E-state index in [4.69, 9.17) is 0 Å². The summed E-state index contributed by atoms with van der Waals surface area (Å²) < 4.78 is 2.04. The van der Waals surface area contributed by atoms with E-state index in [-0.39, 0.29) is 0 Å². The molecule has 3 aromatic heterocycles. The summed E-state index contributed by atoms with van der Waals surface area (Å²) in [4.78, 5) is 17.6. The molecule has 3 aromatic rings. The Morgan fingerprint density at radius 2 is 1.89 bits per heavy atom. The Morgan fingerprint density at radius 1 is 1.07 bits per heavy atom. The lowest BCUT2D eigenvalue weighted by atomic mass is 10.3. The Bertz CT molecular complexity index is 913. The van der Waals surface area contributed by atoms with Gasteiger partial charge in [0.15, 0.2) is 11.6 Å². The average molecular weight is 379 g/mol. The van der Waals surface area contributed by atoms with E-state index in [1.54, 1.807) is 12.4 Å². The normalized spacial score (nSPS) is 15.2. The van der Waals surface area contributed by atoms with Gasteiger partial charge in [-0.15, -0.1) is 10.2 Å². The first kappa shape index (κ1) is 18.1. The highest BCUT2D eigenvalue weighted by Gasteiger charge is 2.20. The molecule has 1 aliphatic heterocycles. The number of rotatable bonds is 5. The van der Waals surface area contributed by atoms with Crippen LogP contribution in [-0.4, -0.2) is 75.2 Å². The molecule has 1 aliphatic rings. The van der Waals surface area contributed by atoms with Gasteiger partial charge in [-0.2, -0.15) is 0 Å². The monoisotopic (exact) mass is 379 g/mol. The summed E-state index contributed by atoms with van der Waals surface area (Å²) >= 11 is 0. The molecule has 4 rings (SSSR count). The fraction of sp³-hybridized carbons (Fsp3) is 0.421. The van der Waals surface area contributed by atoms with E-state index in [9.17, 15) is 0 Å². The Labute approximate surface area is 164 Å². The molecule has 0 radical (unpaired) electrons. The second-order valence-corrected chi connectivity index (χ2v) is 6.65. The van der Waals surface area contributed by atoms with Crippen molar-refractivity contribution in [1.82, 2.24) is 34.8 Å². The van der Waals surface area contributed by atoms with Gasteiger partial charge in [-0.25, -0.2) is 9.97 Å². The van der Waals surface area contributed by atoms with E-state index in [1.807, 2.05) is 41.9 Å². The molecular formula is C19H25N9. The van der Waals surface area contributed by atoms with Gasteiger partial charge in [0.05, 0.1) is 0 Å². The number of hydrogen-bond donors (Lipinski definition) is 1. The van der Waals surface area contributed by atoms with Gasteiger partial charge in [-0.05, 0) is 24.6 Å². The van der Waals surface area contributed by atoms with Gasteiger partial charge in [0, 0.05) is 64.8 Å². The van der Waals surface area contributed by atoms with Crippen molar-refractivity contribution in [1.29, 1.82) is 0 Å². The van der Waals surface area contributed by atoms with Crippen LogP contribution in [0.4, 0.5) is 5.95 Å². The molecule has 1 saturated heterocycles. The van der Waals surface area contributed by atoms with Crippen molar-refractivity contribution in [3.8, 4) is 0 Å². The zero-order valence-corrected chi connectivity index (χ0v) is 16.1. The van der Waals surface area contributed by atoms with Gasteiger partial charge in [0.2, 0.25) is 5.95 Å². The molecule has 9 nitrogen and oxygen atoms in total. The van der Waals surface area contributed by atoms with Crippen LogP contribution >= 0.6 is 0 Å². The second-order valence-electron chi connectivity index (χ2n) is 6.65. The molecule has 0 aliphatic carbocycles. The van der Waals surface area contributed by atoms with Gasteiger partial charge in [-0.1, -0.05) is 6.07 Å². The predicted octanol–water partition coefficient (Wildman–Crippen LogP) is 0.849. The van der Waals surface area contributed by atoms with Crippen LogP contribution in [0.2, 0.25) is 0 Å². The smallest absolute Gasteiger partial charge is 0.225 e. The fourth-order valence-electron chi connectivity index (χ4n) is 3.41. The van der Waals surface area contributed by atoms with Crippen molar-refractivity contribution >= 4 is 17.6 Å². The number of hydrogen-bond acceptors (Lipinski definition) is 6. The number of pyridine rings is 1. The van der Waals surface area contributed by atoms with E-state index in [0.29, 0.717) is 0 Å². The van der Waals surface area contributed by atoms with Crippen molar-refractivity contribution in [2.24, 2.45) is 4.99 Å². The van der Waals surface area contributed by atoms with Crippen LogP contribution in [0.5, 0.6) is 0 Å². The molecule has 146 valence electrons. The summed E-state index contributed by atoms with van der Waals surface area (Å²) in [6.45, 7) is 4.41. The van der Waals surface area contributed by atoms with E-state index in [0.717, 1.165) is 68.9 Å². The number of aryl methyl sites for hydroxylation is 1. The number of aromatic nitrogens is 5. The molecular weight excluding hydrogens is 354 g/mol. The van der Waals surface area contributed by atoms with E-state index >= 15 is 0 Å². The van der Waals surface area contributed by atoms with Crippen LogP contribution in [0.3, 0.4) is 0 Å². The minimum atomic E-state index is 0.797. The number of piperazine rings is 1. The lowest BCUT2D eigenvalue weighted by Gasteiger charge is -2.36. The van der Waals surface area contributed by atoms with Gasteiger partial charge in [0.1, 0.15) is 5.82 Å². The van der Waals surface area contributed by atoms with Crippen molar-refractivity contribution in [3.63, 3.8) is 0 Å². The van der Waals surface area contributed by atoms with Crippen LogP contribution in [-0.2, 0) is 6.42 Å². The fourth-order valence-corrected chi connectivity index (χ4v) is 3.41. The molecule has 0 bridgehead atoms. The minimum Gasteiger partial charge on any atom is -0.356 e. The maximum absolute atomic E-state index is 4.44. The summed E-state index contributed by atoms with van der Waals surface area (Å²) in [5.41, 5.74) is 0.890. The number of fused-ring (bicyclic) bond motifs is 1. The number of anilines is 1. The van der Waals surface area contributed by atoms with Crippen LogP contribution in [0.1, 0.15) is 12.2 Å². The third-order valence-corrected chi connectivity index (χ3v) is 4.87. The maximum atomic E-state index is 4.44. The van der Waals surface area contributed by atoms with Gasteiger partial charge < -0.3 is 15.1 Å². The van der Waals surface area contributed by atoms with Gasteiger partial charge in [0.25, 0.3) is 0 Å². The van der Waals surface area contributed by atoms with E-state index in [2.05, 4.69) is 40.3 Å². The zero-order valence-electron chi connectivity index (χ0n) is 16.1. The molecule has 0 aromatic carbocycles. The number of aliphatic imine (C=N–C) groups is 1. The zero-order chi connectivity index (χ0) is 19.2. The average Bonchev–Trinajstić information content (AvgIpc) is 3.18. The highest BCUT2D eigenvalue weighted by Crippen LogP contribution is 2.10. The molecule has 0 unspecified atom stereocenters. The molecule has 4 heterocycles. The Hall–Kier alpha value is -3.23. The third-order valence-electron chi connectivity index (χ3n) is 4.87. The largest absolute Gasteiger partial charge is 0.356 e. The summed E-state index contributed by atoms with van der Waals surface area (Å²) in [5, 5.41) is 12.0. The van der Waals surface area contributed by atoms with Gasteiger partial charge in [-0.3, -0.25) is 9.39 Å². The quantitative estimate of drug-likeness (QED) is 0.399. The Morgan fingerprint density at radius 3 is 2.68 bits per heavy atom.